The number of benzene rings is 1. The van der Waals surface area contributed by atoms with E-state index in [9.17, 15) is 4.79 Å². The molecule has 2 unspecified atom stereocenters. The normalized spacial score (nSPS) is 21.9. The van der Waals surface area contributed by atoms with Crippen molar-refractivity contribution in [1.29, 1.82) is 0 Å². The number of amides is 1. The van der Waals surface area contributed by atoms with E-state index in [2.05, 4.69) is 10.2 Å². The fourth-order valence-corrected chi connectivity index (χ4v) is 3.77. The Labute approximate surface area is 143 Å². The lowest BCUT2D eigenvalue weighted by molar-refractivity contribution is -0.123. The number of hydrogen-bond donors (Lipinski definition) is 2. The van der Waals surface area contributed by atoms with Crippen molar-refractivity contribution in [3.05, 3.63) is 35.2 Å². The molecule has 0 saturated heterocycles. The summed E-state index contributed by atoms with van der Waals surface area (Å²) in [6, 6.07) is 4.85. The van der Waals surface area contributed by atoms with E-state index in [1.807, 2.05) is 6.07 Å². The lowest BCUT2D eigenvalue weighted by Crippen LogP contribution is -2.44. The van der Waals surface area contributed by atoms with Crippen LogP contribution in [-0.4, -0.2) is 18.6 Å². The molecule has 1 aromatic carbocycles. The Hall–Kier alpha value is -2.06. The summed E-state index contributed by atoms with van der Waals surface area (Å²) < 4.78 is 5.63. The summed E-state index contributed by atoms with van der Waals surface area (Å²) >= 11 is 0. The third-order valence-corrected chi connectivity index (χ3v) is 5.13. The van der Waals surface area contributed by atoms with E-state index in [0.29, 0.717) is 24.0 Å². The number of carbonyl (C=O) groups is 1. The van der Waals surface area contributed by atoms with Crippen LogP contribution in [0.1, 0.15) is 56.6 Å². The van der Waals surface area contributed by atoms with Crippen molar-refractivity contribution in [2.24, 2.45) is 11.7 Å². The van der Waals surface area contributed by atoms with Crippen LogP contribution in [0.25, 0.3) is 4.85 Å². The highest BCUT2D eigenvalue weighted by Gasteiger charge is 2.27. The number of ether oxygens (including phenoxy) is 1. The number of rotatable bonds is 4. The summed E-state index contributed by atoms with van der Waals surface area (Å²) in [6.07, 6.45) is 7.72. The predicted molar refractivity (Wildman–Crippen MR) is 92.9 cm³/mol. The monoisotopic (exact) mass is 327 g/mol. The van der Waals surface area contributed by atoms with Crippen molar-refractivity contribution >= 4 is 11.6 Å². The highest BCUT2D eigenvalue weighted by Crippen LogP contribution is 2.35. The van der Waals surface area contributed by atoms with Gasteiger partial charge in [0.2, 0.25) is 5.91 Å². The average molecular weight is 327 g/mol. The summed E-state index contributed by atoms with van der Waals surface area (Å²) in [4.78, 5) is 15.9. The van der Waals surface area contributed by atoms with Gasteiger partial charge in [0.25, 0.3) is 0 Å². The summed E-state index contributed by atoms with van der Waals surface area (Å²) in [6.45, 7) is 7.63. The van der Waals surface area contributed by atoms with Crippen LogP contribution < -0.4 is 15.8 Å². The molecule has 0 radical (unpaired) electrons. The molecule has 5 nitrogen and oxygen atoms in total. The van der Waals surface area contributed by atoms with Gasteiger partial charge >= 0.3 is 0 Å². The molecule has 2 aliphatic rings. The largest absolute Gasteiger partial charge is 0.494 e. The Balaban J connectivity index is 1.61. The van der Waals surface area contributed by atoms with Crippen molar-refractivity contribution in [3.8, 4) is 5.75 Å². The first-order valence-electron chi connectivity index (χ1n) is 8.87. The quantitative estimate of drug-likeness (QED) is 0.832. The number of nitrogens with one attached hydrogen (secondary N) is 1. The third-order valence-electron chi connectivity index (χ3n) is 5.13. The lowest BCUT2D eigenvalue weighted by Gasteiger charge is -2.29. The SMILES string of the molecule is [C-]#[N+]c1ccc2c(c1)OCCC2NC(=O)C(N)CC1CCCCC1. The van der Waals surface area contributed by atoms with E-state index in [1.54, 1.807) is 12.1 Å². The Morgan fingerprint density at radius 1 is 1.33 bits per heavy atom. The van der Waals surface area contributed by atoms with E-state index in [-0.39, 0.29) is 11.9 Å². The molecule has 3 N–H and O–H groups in total. The van der Waals surface area contributed by atoms with Gasteiger partial charge in [-0.05, 0) is 18.4 Å². The topological polar surface area (TPSA) is 68.7 Å². The van der Waals surface area contributed by atoms with Crippen molar-refractivity contribution in [1.82, 2.24) is 5.32 Å². The number of hydrogen-bond acceptors (Lipinski definition) is 3. The van der Waals surface area contributed by atoms with E-state index in [4.69, 9.17) is 17.0 Å². The van der Waals surface area contributed by atoms with Gasteiger partial charge in [-0.15, -0.1) is 0 Å². The molecule has 3 rings (SSSR count). The van der Waals surface area contributed by atoms with Crippen molar-refractivity contribution in [3.63, 3.8) is 0 Å². The van der Waals surface area contributed by atoms with Crippen molar-refractivity contribution in [2.45, 2.75) is 57.0 Å². The minimum Gasteiger partial charge on any atom is -0.494 e. The van der Waals surface area contributed by atoms with Crippen LogP contribution in [0.2, 0.25) is 0 Å². The van der Waals surface area contributed by atoms with Crippen molar-refractivity contribution in [2.75, 3.05) is 6.61 Å². The Morgan fingerprint density at radius 3 is 2.88 bits per heavy atom. The smallest absolute Gasteiger partial charge is 0.237 e. The van der Waals surface area contributed by atoms with Gasteiger partial charge in [-0.25, -0.2) is 4.85 Å². The molecule has 24 heavy (non-hydrogen) atoms. The number of nitrogens with two attached hydrogens (primary N) is 1. The van der Waals surface area contributed by atoms with Gasteiger partial charge in [-0.1, -0.05) is 44.2 Å². The fourth-order valence-electron chi connectivity index (χ4n) is 3.77. The second-order valence-electron chi connectivity index (χ2n) is 6.88. The lowest BCUT2D eigenvalue weighted by atomic mass is 9.85. The summed E-state index contributed by atoms with van der Waals surface area (Å²) in [5, 5.41) is 3.08. The van der Waals surface area contributed by atoms with Crippen LogP contribution in [0.15, 0.2) is 18.2 Å². The number of nitrogens with zero attached hydrogens (tertiary/aromatic N) is 1. The highest BCUT2D eigenvalue weighted by atomic mass is 16.5. The van der Waals surface area contributed by atoms with Crippen LogP contribution in [0.4, 0.5) is 5.69 Å². The minimum absolute atomic E-state index is 0.0762. The molecule has 128 valence electrons. The summed E-state index contributed by atoms with van der Waals surface area (Å²) in [5.41, 5.74) is 7.64. The fraction of sp³-hybridized carbons (Fsp3) is 0.579. The van der Waals surface area contributed by atoms with Gasteiger partial charge in [0.05, 0.1) is 25.3 Å². The molecular formula is C19H25N3O2. The first-order chi connectivity index (χ1) is 11.7. The Bertz CT molecular complexity index is 632. The number of carbonyl (C=O) groups excluding carboxylic acids is 1. The molecule has 0 spiro atoms. The molecule has 0 bridgehead atoms. The average Bonchev–Trinajstić information content (AvgIpc) is 2.62. The molecule has 1 fully saturated rings. The summed E-state index contributed by atoms with van der Waals surface area (Å²) in [7, 11) is 0. The van der Waals surface area contributed by atoms with Crippen molar-refractivity contribution < 1.29 is 9.53 Å². The van der Waals surface area contributed by atoms with E-state index in [0.717, 1.165) is 18.4 Å². The molecule has 5 heteroatoms. The highest BCUT2D eigenvalue weighted by molar-refractivity contribution is 5.82. The van der Waals surface area contributed by atoms with Crippen LogP contribution in [0.3, 0.4) is 0 Å². The molecule has 1 aromatic rings. The molecule has 2 atom stereocenters. The van der Waals surface area contributed by atoms with E-state index < -0.39 is 6.04 Å². The molecule has 1 heterocycles. The molecular weight excluding hydrogens is 302 g/mol. The van der Waals surface area contributed by atoms with Gasteiger partial charge in [-0.2, -0.15) is 0 Å². The minimum atomic E-state index is -0.443. The van der Waals surface area contributed by atoms with E-state index in [1.165, 1.54) is 32.1 Å². The van der Waals surface area contributed by atoms with Gasteiger partial charge in [0.15, 0.2) is 5.69 Å². The molecule has 1 saturated carbocycles. The Kier molecular flexibility index (Phi) is 5.37. The maximum absolute atomic E-state index is 12.5. The first kappa shape index (κ1) is 16.8. The van der Waals surface area contributed by atoms with Gasteiger partial charge < -0.3 is 15.8 Å². The van der Waals surface area contributed by atoms with Gasteiger partial charge in [-0.3, -0.25) is 4.79 Å². The second-order valence-corrected chi connectivity index (χ2v) is 6.88. The van der Waals surface area contributed by atoms with Crippen LogP contribution >= 0.6 is 0 Å². The van der Waals surface area contributed by atoms with Gasteiger partial charge in [0.1, 0.15) is 5.75 Å². The van der Waals surface area contributed by atoms with Gasteiger partial charge in [0, 0.05) is 12.0 Å². The second kappa shape index (κ2) is 7.67. The molecule has 1 amide bonds. The van der Waals surface area contributed by atoms with Crippen LogP contribution in [-0.2, 0) is 4.79 Å². The molecule has 1 aliphatic carbocycles. The number of fused-ring (bicyclic) bond motifs is 1. The zero-order chi connectivity index (χ0) is 16.9. The van der Waals surface area contributed by atoms with Crippen LogP contribution in [0, 0.1) is 12.5 Å². The van der Waals surface area contributed by atoms with Crippen LogP contribution in [0.5, 0.6) is 5.75 Å². The summed E-state index contributed by atoms with van der Waals surface area (Å²) in [5.74, 6) is 1.20. The zero-order valence-electron chi connectivity index (χ0n) is 14.0. The first-order valence-corrected chi connectivity index (χ1v) is 8.87. The molecule has 1 aliphatic heterocycles. The zero-order valence-corrected chi connectivity index (χ0v) is 14.0. The Morgan fingerprint density at radius 2 is 2.12 bits per heavy atom. The maximum Gasteiger partial charge on any atom is 0.237 e. The predicted octanol–water partition coefficient (Wildman–Crippen LogP) is 3.47. The maximum atomic E-state index is 12.5. The van der Waals surface area contributed by atoms with E-state index >= 15 is 0 Å². The third kappa shape index (κ3) is 3.88. The molecule has 0 aromatic heterocycles. The standard InChI is InChI=1S/C19H25N3O2/c1-21-14-7-8-15-17(9-10-24-18(15)12-14)22-19(23)16(20)11-13-5-3-2-4-6-13/h7-8,12-13,16-17H,2-6,9-11,20H2,(H,22,23).